The maximum absolute atomic E-state index is 4.01. The molecule has 168 valence electrons. The number of nitrogens with zero attached hydrogens (tertiary/aromatic N) is 2. The predicted octanol–water partition coefficient (Wildman–Crippen LogP) is 0.852. The van der Waals surface area contributed by atoms with Gasteiger partial charge in [0.2, 0.25) is 0 Å². The van der Waals surface area contributed by atoms with Gasteiger partial charge in [-0.3, -0.25) is 9.97 Å². The van der Waals surface area contributed by atoms with E-state index in [-0.39, 0.29) is 30.2 Å². The summed E-state index contributed by atoms with van der Waals surface area (Å²) >= 11 is 1.74. The molecule has 0 saturated heterocycles. The second kappa shape index (κ2) is 17.2. The molecule has 0 bridgehead atoms. The molecule has 2 aromatic carbocycles. The van der Waals surface area contributed by atoms with Crippen molar-refractivity contribution >= 4 is 5.43 Å². The number of rotatable bonds is 4. The van der Waals surface area contributed by atoms with Crippen molar-refractivity contribution in [3.8, 4) is 22.3 Å². The van der Waals surface area contributed by atoms with Gasteiger partial charge in [-0.2, -0.15) is 12.1 Å². The van der Waals surface area contributed by atoms with Gasteiger partial charge in [0, 0.05) is 0 Å². The molecule has 0 N–H and O–H groups in total. The summed E-state index contributed by atoms with van der Waals surface area (Å²) in [7, 11) is 0. The number of hydrogen-bond donors (Lipinski definition) is 0. The monoisotopic (exact) mass is 558 g/mol. The minimum absolute atomic E-state index is 0. The van der Waals surface area contributed by atoms with Crippen LogP contribution in [-0.4, -0.2) is 15.4 Å². The summed E-state index contributed by atoms with van der Waals surface area (Å²) in [6.07, 6.45) is 9.52. The average molecular weight is 561 g/mol. The van der Waals surface area contributed by atoms with E-state index in [4.69, 9.17) is 0 Å². The molecule has 2 nitrogen and oxygen atoms in total. The zero-order chi connectivity index (χ0) is 21.8. The van der Waals surface area contributed by atoms with Crippen molar-refractivity contribution in [1.29, 1.82) is 0 Å². The Kier molecular flexibility index (Phi) is 16.5. The maximum atomic E-state index is 4.01. The van der Waals surface area contributed by atoms with Crippen molar-refractivity contribution < 1.29 is 48.1 Å². The fourth-order valence-corrected chi connectivity index (χ4v) is 3.16. The predicted molar refractivity (Wildman–Crippen MR) is 127 cm³/mol. The van der Waals surface area contributed by atoms with Crippen LogP contribution in [-0.2, 0) is 36.2 Å². The van der Waals surface area contributed by atoms with Crippen molar-refractivity contribution in [2.45, 2.75) is 39.8 Å². The van der Waals surface area contributed by atoms with Gasteiger partial charge < -0.3 is 24.8 Å². The maximum Gasteiger partial charge on any atom is -1.00 e. The molecular formula is C26H30Cl2N2SiZr-2. The van der Waals surface area contributed by atoms with Crippen LogP contribution in [0.2, 0.25) is 13.1 Å². The third-order valence-corrected chi connectivity index (χ3v) is 4.56. The fourth-order valence-electron chi connectivity index (χ4n) is 3.16. The SMILES string of the molecule is CCc1ccc[c-]1-c1ccncc1.CCc1ccc[c-]1-c1ccncc1.C[Si](C)=[Zr+2].[Cl-].[Cl-]. The third-order valence-electron chi connectivity index (χ3n) is 4.56. The fraction of sp³-hybridized carbons (Fsp3) is 0.231. The van der Waals surface area contributed by atoms with Crippen LogP contribution in [0.5, 0.6) is 0 Å². The number of aromatic nitrogens is 2. The van der Waals surface area contributed by atoms with Crippen molar-refractivity contribution in [2.75, 3.05) is 0 Å². The van der Waals surface area contributed by atoms with Gasteiger partial charge >= 0.3 is 41.9 Å². The molecule has 0 atom stereocenters. The first-order valence-electron chi connectivity index (χ1n) is 10.4. The summed E-state index contributed by atoms with van der Waals surface area (Å²) in [4.78, 5) is 8.02. The minimum atomic E-state index is 0. The second-order valence-corrected chi connectivity index (χ2v) is 16.5. The van der Waals surface area contributed by atoms with E-state index in [1.165, 1.54) is 33.4 Å². The van der Waals surface area contributed by atoms with Crippen LogP contribution in [0.25, 0.3) is 22.3 Å². The van der Waals surface area contributed by atoms with E-state index in [9.17, 15) is 0 Å². The topological polar surface area (TPSA) is 25.8 Å². The van der Waals surface area contributed by atoms with E-state index in [1.807, 2.05) is 24.8 Å². The standard InChI is InChI=1S/2C12H12N.C2H6Si.2ClH.Zr/c2*1-2-10-4-3-5-12(10)11-6-8-13-9-7-11;1-3-2;;;/h2*3-9H,2H2,1H3;1-2H3;2*1H;/q2*-1;;;;+2/p-2. The molecule has 0 aliphatic rings. The molecule has 0 aliphatic carbocycles. The molecule has 0 aliphatic heterocycles. The van der Waals surface area contributed by atoms with Gasteiger partial charge in [0.15, 0.2) is 0 Å². The molecule has 4 rings (SSSR count). The van der Waals surface area contributed by atoms with Crippen LogP contribution in [0.3, 0.4) is 0 Å². The quantitative estimate of drug-likeness (QED) is 0.273. The van der Waals surface area contributed by atoms with Crippen LogP contribution >= 0.6 is 0 Å². The zero-order valence-electron chi connectivity index (χ0n) is 19.1. The molecule has 0 amide bonds. The summed E-state index contributed by atoms with van der Waals surface area (Å²) in [5.41, 5.74) is 8.23. The minimum Gasteiger partial charge on any atom is -1.00 e. The van der Waals surface area contributed by atoms with Gasteiger partial charge in [0.25, 0.3) is 0 Å². The summed E-state index contributed by atoms with van der Waals surface area (Å²) < 4.78 is 0. The summed E-state index contributed by atoms with van der Waals surface area (Å²) in [5.74, 6) is 0. The number of aryl methyl sites for hydroxylation is 2. The molecule has 2 heterocycles. The van der Waals surface area contributed by atoms with Crippen molar-refractivity contribution in [3.63, 3.8) is 0 Å². The Morgan fingerprint density at radius 3 is 1.28 bits per heavy atom. The Bertz CT molecular complexity index is 933. The van der Waals surface area contributed by atoms with E-state index in [1.54, 1.807) is 23.3 Å². The van der Waals surface area contributed by atoms with Crippen LogP contribution < -0.4 is 24.8 Å². The van der Waals surface area contributed by atoms with Gasteiger partial charge in [0.1, 0.15) is 0 Å². The Morgan fingerprint density at radius 2 is 1.00 bits per heavy atom. The molecule has 6 heteroatoms. The van der Waals surface area contributed by atoms with Gasteiger partial charge in [0.05, 0.1) is 0 Å². The van der Waals surface area contributed by atoms with E-state index in [0.717, 1.165) is 12.8 Å². The number of pyridine rings is 2. The van der Waals surface area contributed by atoms with Crippen LogP contribution in [0, 0.1) is 0 Å². The van der Waals surface area contributed by atoms with Crippen molar-refractivity contribution in [3.05, 3.63) is 96.6 Å². The first-order chi connectivity index (χ1) is 14.6. The molecule has 0 saturated carbocycles. The van der Waals surface area contributed by atoms with E-state index >= 15 is 0 Å². The van der Waals surface area contributed by atoms with Crippen molar-refractivity contribution in [2.24, 2.45) is 0 Å². The zero-order valence-corrected chi connectivity index (χ0v) is 24.1. The Balaban J connectivity index is 0.000000490. The molecule has 2 aromatic heterocycles. The summed E-state index contributed by atoms with van der Waals surface area (Å²) in [6.45, 7) is 8.98. The van der Waals surface area contributed by atoms with Crippen LogP contribution in [0.15, 0.2) is 85.5 Å². The van der Waals surface area contributed by atoms with Gasteiger partial charge in [-0.1, -0.05) is 25.0 Å². The number of hydrogen-bond acceptors (Lipinski definition) is 2. The second-order valence-electron chi connectivity index (χ2n) is 7.11. The summed E-state index contributed by atoms with van der Waals surface area (Å²) in [5, 5.41) is 0. The average Bonchev–Trinajstić information content (AvgIpc) is 3.44. The van der Waals surface area contributed by atoms with Crippen molar-refractivity contribution in [1.82, 2.24) is 9.97 Å². The third kappa shape index (κ3) is 10.1. The largest absolute Gasteiger partial charge is 1.00 e. The number of halogens is 2. The molecule has 0 spiro atoms. The first kappa shape index (κ1) is 30.7. The van der Waals surface area contributed by atoms with Gasteiger partial charge in [-0.15, -0.1) is 70.8 Å². The molecule has 0 unspecified atom stereocenters. The summed E-state index contributed by atoms with van der Waals surface area (Å²) in [6, 6.07) is 21.1. The Hall–Kier alpha value is -1.32. The molecule has 0 radical (unpaired) electrons. The van der Waals surface area contributed by atoms with E-state index in [0.29, 0.717) is 0 Å². The molecule has 0 fully saturated rings. The Labute approximate surface area is 220 Å². The molecule has 32 heavy (non-hydrogen) atoms. The molecular weight excluding hydrogens is 531 g/mol. The van der Waals surface area contributed by atoms with Crippen LogP contribution in [0.4, 0.5) is 0 Å². The van der Waals surface area contributed by atoms with E-state index in [2.05, 4.69) is 97.6 Å². The van der Waals surface area contributed by atoms with Crippen LogP contribution in [0.1, 0.15) is 25.0 Å². The molecule has 4 aromatic rings. The van der Waals surface area contributed by atoms with Gasteiger partial charge in [-0.25, -0.2) is 0 Å². The normalized spacial score (nSPS) is 9.19. The van der Waals surface area contributed by atoms with Gasteiger partial charge in [-0.05, 0) is 37.6 Å². The van der Waals surface area contributed by atoms with E-state index < -0.39 is 0 Å². The Morgan fingerprint density at radius 1 is 0.688 bits per heavy atom. The first-order valence-corrected chi connectivity index (χ1v) is 16.6. The smallest absolute Gasteiger partial charge is 1.00 e.